The number of carbonyl (C=O) groups excluding carboxylic acids is 1. The van der Waals surface area contributed by atoms with Gasteiger partial charge in [0.05, 0.1) is 10.5 Å². The first-order valence-corrected chi connectivity index (χ1v) is 8.37. The van der Waals surface area contributed by atoms with E-state index in [9.17, 15) is 14.9 Å². The maximum absolute atomic E-state index is 12.2. The van der Waals surface area contributed by atoms with Crippen molar-refractivity contribution >= 4 is 17.3 Å². The van der Waals surface area contributed by atoms with Gasteiger partial charge in [0.1, 0.15) is 5.69 Å². The number of hydrogen-bond donors (Lipinski definition) is 0. The molecule has 0 fully saturated rings. The van der Waals surface area contributed by atoms with Gasteiger partial charge in [-0.05, 0) is 31.2 Å². The number of esters is 1. The summed E-state index contributed by atoms with van der Waals surface area (Å²) in [6.07, 6.45) is 0. The van der Waals surface area contributed by atoms with Gasteiger partial charge in [0.2, 0.25) is 5.89 Å². The number of nitrogens with zero attached hydrogens (tertiary/aromatic N) is 4. The van der Waals surface area contributed by atoms with E-state index in [2.05, 4.69) is 10.2 Å². The lowest BCUT2D eigenvalue weighted by Crippen LogP contribution is -2.12. The summed E-state index contributed by atoms with van der Waals surface area (Å²) in [5, 5.41) is 19.0. The molecule has 0 saturated carbocycles. The number of rotatable bonds is 6. The molecule has 2 aromatic carbocycles. The SMILES string of the molecule is Cc1cccc(-c2nnc(COC(=O)c3ccc(N(C)C)c([N+](=O)[O-])c3)o2)c1. The van der Waals surface area contributed by atoms with Crippen molar-refractivity contribution < 1.29 is 18.9 Å². The van der Waals surface area contributed by atoms with Crippen molar-refractivity contribution in [2.24, 2.45) is 0 Å². The smallest absolute Gasteiger partial charge is 0.338 e. The van der Waals surface area contributed by atoms with Crippen LogP contribution in [-0.2, 0) is 11.3 Å². The van der Waals surface area contributed by atoms with Crippen molar-refractivity contribution in [2.45, 2.75) is 13.5 Å². The predicted molar refractivity (Wildman–Crippen MR) is 101 cm³/mol. The summed E-state index contributed by atoms with van der Waals surface area (Å²) >= 11 is 0. The number of aromatic nitrogens is 2. The van der Waals surface area contributed by atoms with Gasteiger partial charge in [-0.15, -0.1) is 10.2 Å². The van der Waals surface area contributed by atoms with Gasteiger partial charge >= 0.3 is 5.97 Å². The van der Waals surface area contributed by atoms with Gasteiger partial charge in [-0.2, -0.15) is 0 Å². The zero-order valence-corrected chi connectivity index (χ0v) is 15.6. The average molecular weight is 382 g/mol. The highest BCUT2D eigenvalue weighted by molar-refractivity contribution is 5.91. The van der Waals surface area contributed by atoms with E-state index in [1.54, 1.807) is 19.0 Å². The molecule has 0 N–H and O–H groups in total. The quantitative estimate of drug-likeness (QED) is 0.362. The van der Waals surface area contributed by atoms with Crippen LogP contribution in [0.4, 0.5) is 11.4 Å². The van der Waals surface area contributed by atoms with Crippen LogP contribution in [0.15, 0.2) is 46.9 Å². The Morgan fingerprint density at radius 3 is 2.68 bits per heavy atom. The molecule has 0 saturated heterocycles. The molecule has 0 aliphatic carbocycles. The van der Waals surface area contributed by atoms with Crippen LogP contribution in [0.2, 0.25) is 0 Å². The molecule has 0 atom stereocenters. The Bertz CT molecular complexity index is 1030. The Kier molecular flexibility index (Phi) is 5.35. The Balaban J connectivity index is 1.71. The number of aryl methyl sites for hydroxylation is 1. The molecule has 0 radical (unpaired) electrons. The minimum Gasteiger partial charge on any atom is -0.452 e. The van der Waals surface area contributed by atoms with Crippen LogP contribution in [0, 0.1) is 17.0 Å². The fourth-order valence-electron chi connectivity index (χ4n) is 2.59. The molecule has 3 aromatic rings. The lowest BCUT2D eigenvalue weighted by molar-refractivity contribution is -0.384. The highest BCUT2D eigenvalue weighted by atomic mass is 16.6. The second-order valence-electron chi connectivity index (χ2n) is 6.30. The number of nitro groups is 1. The van der Waals surface area contributed by atoms with E-state index >= 15 is 0 Å². The number of anilines is 1. The van der Waals surface area contributed by atoms with Crippen molar-refractivity contribution in [3.8, 4) is 11.5 Å². The molecule has 9 heteroatoms. The van der Waals surface area contributed by atoms with Gasteiger partial charge in [-0.25, -0.2) is 4.79 Å². The van der Waals surface area contributed by atoms with Crippen LogP contribution in [-0.4, -0.2) is 35.2 Å². The van der Waals surface area contributed by atoms with Gasteiger partial charge < -0.3 is 14.1 Å². The van der Waals surface area contributed by atoms with E-state index in [1.165, 1.54) is 18.2 Å². The summed E-state index contributed by atoms with van der Waals surface area (Å²) in [6, 6.07) is 11.7. The number of benzene rings is 2. The van der Waals surface area contributed by atoms with Crippen molar-refractivity contribution in [2.75, 3.05) is 19.0 Å². The van der Waals surface area contributed by atoms with Crippen LogP contribution >= 0.6 is 0 Å². The molecule has 144 valence electrons. The summed E-state index contributed by atoms with van der Waals surface area (Å²) in [6.45, 7) is 1.71. The molecule has 1 heterocycles. The number of carbonyl (C=O) groups is 1. The van der Waals surface area contributed by atoms with Crippen molar-refractivity contribution in [1.29, 1.82) is 0 Å². The molecule has 28 heavy (non-hydrogen) atoms. The van der Waals surface area contributed by atoms with E-state index in [1.807, 2.05) is 31.2 Å². The van der Waals surface area contributed by atoms with Gasteiger partial charge in [0, 0.05) is 25.7 Å². The van der Waals surface area contributed by atoms with Crippen LogP contribution < -0.4 is 4.90 Å². The second kappa shape index (κ2) is 7.87. The summed E-state index contributed by atoms with van der Waals surface area (Å²) in [7, 11) is 3.36. The van der Waals surface area contributed by atoms with Crippen LogP contribution in [0.1, 0.15) is 21.8 Å². The highest BCUT2D eigenvalue weighted by Gasteiger charge is 2.20. The molecule has 0 spiro atoms. The lowest BCUT2D eigenvalue weighted by Gasteiger charge is -2.13. The largest absolute Gasteiger partial charge is 0.452 e. The van der Waals surface area contributed by atoms with E-state index in [4.69, 9.17) is 9.15 Å². The molecular weight excluding hydrogens is 364 g/mol. The Hall–Kier alpha value is -3.75. The fraction of sp³-hybridized carbons (Fsp3) is 0.211. The van der Waals surface area contributed by atoms with Crippen LogP contribution in [0.5, 0.6) is 0 Å². The molecule has 1 aromatic heterocycles. The number of ether oxygens (including phenoxy) is 1. The van der Waals surface area contributed by atoms with E-state index in [0.717, 1.165) is 11.1 Å². The minimum atomic E-state index is -0.719. The average Bonchev–Trinajstić information content (AvgIpc) is 3.14. The Labute approximate surface area is 160 Å². The second-order valence-corrected chi connectivity index (χ2v) is 6.30. The molecular formula is C19H18N4O5. The Morgan fingerprint density at radius 2 is 2.00 bits per heavy atom. The van der Waals surface area contributed by atoms with Gasteiger partial charge in [0.15, 0.2) is 6.61 Å². The van der Waals surface area contributed by atoms with Gasteiger partial charge in [-0.3, -0.25) is 10.1 Å². The minimum absolute atomic E-state index is 0.0655. The lowest BCUT2D eigenvalue weighted by atomic mass is 10.1. The molecule has 0 aliphatic rings. The standard InChI is InChI=1S/C19H18N4O5/c1-12-5-4-6-13(9-12)18-21-20-17(28-18)11-27-19(24)14-7-8-15(22(2)3)16(10-14)23(25)26/h4-10H,11H2,1-3H3. The fourth-order valence-corrected chi connectivity index (χ4v) is 2.59. The van der Waals surface area contributed by atoms with Crippen molar-refractivity contribution in [1.82, 2.24) is 10.2 Å². The first-order chi connectivity index (χ1) is 13.3. The molecule has 3 rings (SSSR count). The van der Waals surface area contributed by atoms with Crippen molar-refractivity contribution in [3.63, 3.8) is 0 Å². The summed E-state index contributed by atoms with van der Waals surface area (Å²) < 4.78 is 10.7. The molecule has 9 nitrogen and oxygen atoms in total. The maximum Gasteiger partial charge on any atom is 0.338 e. The summed E-state index contributed by atoms with van der Waals surface area (Å²) in [4.78, 5) is 24.5. The predicted octanol–water partition coefficient (Wildman–Crippen LogP) is 3.38. The third-order valence-corrected chi connectivity index (χ3v) is 3.95. The number of hydrogen-bond acceptors (Lipinski definition) is 8. The van der Waals surface area contributed by atoms with E-state index in [0.29, 0.717) is 11.6 Å². The highest BCUT2D eigenvalue weighted by Crippen LogP contribution is 2.28. The van der Waals surface area contributed by atoms with Gasteiger partial charge in [0.25, 0.3) is 11.6 Å². The topological polar surface area (TPSA) is 112 Å². The molecule has 0 bridgehead atoms. The Morgan fingerprint density at radius 1 is 1.21 bits per heavy atom. The normalized spacial score (nSPS) is 10.5. The van der Waals surface area contributed by atoms with E-state index < -0.39 is 10.9 Å². The molecule has 0 aliphatic heterocycles. The van der Waals surface area contributed by atoms with Crippen LogP contribution in [0.3, 0.4) is 0 Å². The maximum atomic E-state index is 12.2. The summed E-state index contributed by atoms with van der Waals surface area (Å²) in [5.74, 6) is -0.270. The van der Waals surface area contributed by atoms with Crippen molar-refractivity contribution in [3.05, 3.63) is 69.6 Å². The van der Waals surface area contributed by atoms with Gasteiger partial charge in [-0.1, -0.05) is 17.7 Å². The zero-order chi connectivity index (χ0) is 20.3. The third-order valence-electron chi connectivity index (χ3n) is 3.95. The number of nitro benzene ring substituents is 1. The molecule has 0 unspecified atom stereocenters. The van der Waals surface area contributed by atoms with E-state index in [-0.39, 0.29) is 23.7 Å². The summed E-state index contributed by atoms with van der Waals surface area (Å²) in [5.41, 5.74) is 2.09. The zero-order valence-electron chi connectivity index (χ0n) is 15.6. The molecule has 0 amide bonds. The monoisotopic (exact) mass is 382 g/mol. The first-order valence-electron chi connectivity index (χ1n) is 8.37. The third kappa shape index (κ3) is 4.14. The van der Waals surface area contributed by atoms with Crippen LogP contribution in [0.25, 0.3) is 11.5 Å². The first kappa shape index (κ1) is 19.0.